The summed E-state index contributed by atoms with van der Waals surface area (Å²) in [5, 5.41) is 0. The topological polar surface area (TPSA) is 133 Å². The summed E-state index contributed by atoms with van der Waals surface area (Å²) in [6.45, 7) is 2.67. The van der Waals surface area contributed by atoms with Gasteiger partial charge in [-0.1, -0.05) is 0 Å². The van der Waals surface area contributed by atoms with Crippen LogP contribution in [-0.4, -0.2) is 62.2 Å². The van der Waals surface area contributed by atoms with Crippen LogP contribution in [0.2, 0.25) is 0 Å². The minimum absolute atomic E-state index is 0. The van der Waals surface area contributed by atoms with Crippen molar-refractivity contribution in [3.05, 3.63) is 0 Å². The average molecular weight is 275 g/mol. The Balaban J connectivity index is -0.000000180. The van der Waals surface area contributed by atoms with Gasteiger partial charge in [-0.15, -0.1) is 0 Å². The van der Waals surface area contributed by atoms with Crippen molar-refractivity contribution in [1.29, 1.82) is 0 Å². The SMILES string of the molecule is CCOS(=O)(=O)[O-].CCOS(=O)(=O)[O-].[Mg+2]. The van der Waals surface area contributed by atoms with Gasteiger partial charge in [-0.25, -0.2) is 16.8 Å². The molecule has 0 aromatic carbocycles. The first-order valence-electron chi connectivity index (χ1n) is 3.32. The Kier molecular flexibility index (Phi) is 13.5. The molecule has 15 heavy (non-hydrogen) atoms. The molecule has 0 radical (unpaired) electrons. The van der Waals surface area contributed by atoms with Crippen molar-refractivity contribution in [3.8, 4) is 0 Å². The molecule has 0 atom stereocenters. The minimum atomic E-state index is -4.42. The maximum atomic E-state index is 9.45. The molecule has 8 nitrogen and oxygen atoms in total. The van der Waals surface area contributed by atoms with Crippen LogP contribution in [-0.2, 0) is 29.2 Å². The van der Waals surface area contributed by atoms with Crippen molar-refractivity contribution >= 4 is 43.9 Å². The maximum Gasteiger partial charge on any atom is 2.00 e. The van der Waals surface area contributed by atoms with Gasteiger partial charge in [0, 0.05) is 0 Å². The summed E-state index contributed by atoms with van der Waals surface area (Å²) in [6.07, 6.45) is 0. The van der Waals surface area contributed by atoms with Crippen LogP contribution in [0, 0.1) is 0 Å². The third kappa shape index (κ3) is 31.4. The molecule has 0 aliphatic carbocycles. The molecule has 0 unspecified atom stereocenters. The van der Waals surface area contributed by atoms with E-state index in [4.69, 9.17) is 0 Å². The minimum Gasteiger partial charge on any atom is -0.726 e. The first-order chi connectivity index (χ1) is 6.12. The maximum absolute atomic E-state index is 9.45. The normalized spacial score (nSPS) is 10.9. The molecule has 0 aliphatic rings. The number of rotatable bonds is 4. The molecule has 11 heteroatoms. The van der Waals surface area contributed by atoms with E-state index in [1.54, 1.807) is 0 Å². The largest absolute Gasteiger partial charge is 2.00 e. The Hall–Kier alpha value is 0.506. The molecule has 0 rings (SSSR count). The van der Waals surface area contributed by atoms with E-state index >= 15 is 0 Å². The summed E-state index contributed by atoms with van der Waals surface area (Å²) < 4.78 is 64.0. The van der Waals surface area contributed by atoms with Crippen LogP contribution in [0.15, 0.2) is 0 Å². The molecule has 0 bridgehead atoms. The molecule has 0 amide bonds. The quantitative estimate of drug-likeness (QED) is 0.347. The van der Waals surface area contributed by atoms with Gasteiger partial charge in [0.15, 0.2) is 0 Å². The Morgan fingerprint density at radius 1 is 0.867 bits per heavy atom. The molecular weight excluding hydrogens is 264 g/mol. The molecule has 0 saturated heterocycles. The molecular formula is C4H10MgO8S2. The second-order valence-corrected chi connectivity index (χ2v) is 3.73. The Morgan fingerprint density at radius 2 is 1.07 bits per heavy atom. The predicted molar refractivity (Wildman–Crippen MR) is 48.4 cm³/mol. The van der Waals surface area contributed by atoms with Gasteiger partial charge in [0.1, 0.15) is 0 Å². The molecule has 0 saturated carbocycles. The van der Waals surface area contributed by atoms with Gasteiger partial charge in [-0.3, -0.25) is 8.37 Å². The van der Waals surface area contributed by atoms with E-state index in [-0.39, 0.29) is 36.3 Å². The molecule has 0 aromatic rings. The Morgan fingerprint density at radius 3 is 1.07 bits per heavy atom. The van der Waals surface area contributed by atoms with Crippen molar-refractivity contribution < 1.29 is 34.3 Å². The summed E-state index contributed by atoms with van der Waals surface area (Å²) in [6, 6.07) is 0. The van der Waals surface area contributed by atoms with E-state index in [0.717, 1.165) is 0 Å². The van der Waals surface area contributed by atoms with Gasteiger partial charge < -0.3 is 9.11 Å². The molecule has 88 valence electrons. The molecule has 0 spiro atoms. The summed E-state index contributed by atoms with van der Waals surface area (Å²) in [4.78, 5) is 0. The van der Waals surface area contributed by atoms with Crippen LogP contribution in [0.5, 0.6) is 0 Å². The summed E-state index contributed by atoms with van der Waals surface area (Å²) >= 11 is 0. The second-order valence-electron chi connectivity index (χ2n) is 1.63. The summed E-state index contributed by atoms with van der Waals surface area (Å²) in [5.74, 6) is 0. The van der Waals surface area contributed by atoms with E-state index in [0.29, 0.717) is 0 Å². The molecule has 0 aliphatic heterocycles. The van der Waals surface area contributed by atoms with Gasteiger partial charge in [0.2, 0.25) is 20.8 Å². The van der Waals surface area contributed by atoms with E-state index in [9.17, 15) is 25.9 Å². The van der Waals surface area contributed by atoms with Gasteiger partial charge in [-0.05, 0) is 13.8 Å². The summed E-state index contributed by atoms with van der Waals surface area (Å²) in [5.41, 5.74) is 0. The first kappa shape index (κ1) is 20.9. The second kappa shape index (κ2) is 9.71. The van der Waals surface area contributed by atoms with Crippen molar-refractivity contribution in [2.45, 2.75) is 13.8 Å². The van der Waals surface area contributed by atoms with Crippen LogP contribution in [0.3, 0.4) is 0 Å². The fourth-order valence-corrected chi connectivity index (χ4v) is 0.866. The third-order valence-electron chi connectivity index (χ3n) is 0.524. The fourth-order valence-electron chi connectivity index (χ4n) is 0.289. The Bertz CT molecular complexity index is 285. The van der Waals surface area contributed by atoms with E-state index in [2.05, 4.69) is 8.37 Å². The van der Waals surface area contributed by atoms with E-state index < -0.39 is 20.8 Å². The van der Waals surface area contributed by atoms with Gasteiger partial charge in [0.05, 0.1) is 13.2 Å². The standard InChI is InChI=1S/2C2H6O4S.Mg/c2*1-2-6-7(3,4)5;/h2*2H2,1H3,(H,3,4,5);/q;;+2/p-2. The fraction of sp³-hybridized carbons (Fsp3) is 1.00. The summed E-state index contributed by atoms with van der Waals surface area (Å²) in [7, 11) is -8.85. The van der Waals surface area contributed by atoms with Crippen LogP contribution in [0.25, 0.3) is 0 Å². The molecule has 0 N–H and O–H groups in total. The molecule has 0 aromatic heterocycles. The van der Waals surface area contributed by atoms with Crippen molar-refractivity contribution in [2.24, 2.45) is 0 Å². The zero-order valence-electron chi connectivity index (χ0n) is 8.20. The van der Waals surface area contributed by atoms with Crippen molar-refractivity contribution in [3.63, 3.8) is 0 Å². The Labute approximate surface area is 105 Å². The molecule has 0 fully saturated rings. The predicted octanol–water partition coefficient (Wildman–Crippen LogP) is -1.41. The average Bonchev–Trinajstić information content (AvgIpc) is 1.81. The first-order valence-corrected chi connectivity index (χ1v) is 5.99. The third-order valence-corrected chi connectivity index (χ3v) is 1.57. The van der Waals surface area contributed by atoms with Gasteiger partial charge in [0.25, 0.3) is 0 Å². The van der Waals surface area contributed by atoms with Gasteiger partial charge >= 0.3 is 23.1 Å². The smallest absolute Gasteiger partial charge is 0.726 e. The van der Waals surface area contributed by atoms with Crippen molar-refractivity contribution in [2.75, 3.05) is 13.2 Å². The molecule has 0 heterocycles. The van der Waals surface area contributed by atoms with Crippen LogP contribution >= 0.6 is 0 Å². The van der Waals surface area contributed by atoms with Crippen molar-refractivity contribution in [1.82, 2.24) is 0 Å². The van der Waals surface area contributed by atoms with Gasteiger partial charge in [-0.2, -0.15) is 0 Å². The number of hydrogen-bond acceptors (Lipinski definition) is 8. The zero-order chi connectivity index (χ0) is 11.8. The monoisotopic (exact) mass is 274 g/mol. The van der Waals surface area contributed by atoms with Crippen LogP contribution in [0.4, 0.5) is 0 Å². The van der Waals surface area contributed by atoms with E-state index in [1.165, 1.54) is 13.8 Å². The van der Waals surface area contributed by atoms with Crippen LogP contribution in [0.1, 0.15) is 13.8 Å². The zero-order valence-corrected chi connectivity index (χ0v) is 11.3. The van der Waals surface area contributed by atoms with Crippen LogP contribution < -0.4 is 0 Å². The van der Waals surface area contributed by atoms with E-state index in [1.807, 2.05) is 0 Å². The number of hydrogen-bond donors (Lipinski definition) is 0.